The lowest BCUT2D eigenvalue weighted by Gasteiger charge is -2.37. The minimum Gasteiger partial charge on any atom is -0.311 e. The summed E-state index contributed by atoms with van der Waals surface area (Å²) in [7, 11) is 4.32. The number of nitrogens with zero attached hydrogens (tertiary/aromatic N) is 2. The fourth-order valence-corrected chi connectivity index (χ4v) is 2.76. The third-order valence-electron chi connectivity index (χ3n) is 3.68. The summed E-state index contributed by atoms with van der Waals surface area (Å²) in [6, 6.07) is 5.32. The number of likely N-dealkylation sites (N-methyl/N-ethyl adjacent to an activating group) is 2. The number of hydrogen-bond acceptors (Lipinski definition) is 3. The van der Waals surface area contributed by atoms with Crippen molar-refractivity contribution < 1.29 is 4.39 Å². The van der Waals surface area contributed by atoms with Gasteiger partial charge in [-0.1, -0.05) is 15.9 Å². The van der Waals surface area contributed by atoms with Gasteiger partial charge in [-0.2, -0.15) is 0 Å². The number of nitrogens with one attached hydrogen (secondary N) is 1. The Hall–Kier alpha value is -0.490. The van der Waals surface area contributed by atoms with Crippen LogP contribution in [0.1, 0.15) is 5.56 Å². The maximum atomic E-state index is 13.2. The van der Waals surface area contributed by atoms with Crippen molar-refractivity contribution in [3.63, 3.8) is 0 Å². The molecule has 1 aliphatic rings. The van der Waals surface area contributed by atoms with E-state index in [-0.39, 0.29) is 5.82 Å². The van der Waals surface area contributed by atoms with E-state index in [1.54, 1.807) is 12.1 Å². The minimum atomic E-state index is -0.186. The third kappa shape index (κ3) is 4.24. The second-order valence-electron chi connectivity index (χ2n) is 5.26. The second-order valence-corrected chi connectivity index (χ2v) is 6.12. The molecule has 1 aromatic carbocycles. The van der Waals surface area contributed by atoms with Crippen LogP contribution in [0, 0.1) is 5.82 Å². The molecule has 5 heteroatoms. The Balaban J connectivity index is 1.84. The van der Waals surface area contributed by atoms with Crippen molar-refractivity contribution in [3.05, 3.63) is 34.1 Å². The predicted molar refractivity (Wildman–Crippen MR) is 79.7 cm³/mol. The van der Waals surface area contributed by atoms with E-state index < -0.39 is 0 Å². The maximum absolute atomic E-state index is 13.2. The molecule has 0 aliphatic carbocycles. The Labute approximate surface area is 122 Å². The van der Waals surface area contributed by atoms with Gasteiger partial charge in [-0.3, -0.25) is 4.90 Å². The van der Waals surface area contributed by atoms with E-state index in [1.165, 1.54) is 6.07 Å². The second kappa shape index (κ2) is 6.79. The van der Waals surface area contributed by atoms with Crippen LogP contribution < -0.4 is 5.32 Å². The maximum Gasteiger partial charge on any atom is 0.123 e. The Morgan fingerprint density at radius 2 is 2.16 bits per heavy atom. The molecule has 1 N–H and O–H groups in total. The van der Waals surface area contributed by atoms with E-state index in [2.05, 4.69) is 45.1 Å². The van der Waals surface area contributed by atoms with Crippen molar-refractivity contribution in [3.8, 4) is 0 Å². The lowest BCUT2D eigenvalue weighted by Crippen LogP contribution is -2.53. The summed E-state index contributed by atoms with van der Waals surface area (Å²) in [6.45, 7) is 4.92. The van der Waals surface area contributed by atoms with Crippen molar-refractivity contribution in [1.29, 1.82) is 0 Å². The first kappa shape index (κ1) is 14.9. The van der Waals surface area contributed by atoms with Crippen molar-refractivity contribution in [1.82, 2.24) is 15.1 Å². The first-order valence-electron chi connectivity index (χ1n) is 6.59. The van der Waals surface area contributed by atoms with Crippen LogP contribution in [-0.4, -0.2) is 56.1 Å². The molecule has 1 atom stereocenters. The van der Waals surface area contributed by atoms with Gasteiger partial charge in [-0.25, -0.2) is 4.39 Å². The van der Waals surface area contributed by atoms with Gasteiger partial charge in [0.2, 0.25) is 0 Å². The number of halogens is 2. The molecule has 1 unspecified atom stereocenters. The zero-order chi connectivity index (χ0) is 13.8. The van der Waals surface area contributed by atoms with Crippen LogP contribution in [0.3, 0.4) is 0 Å². The average molecular weight is 330 g/mol. The summed E-state index contributed by atoms with van der Waals surface area (Å²) in [4.78, 5) is 4.73. The van der Waals surface area contributed by atoms with Crippen molar-refractivity contribution >= 4 is 15.9 Å². The molecule has 2 rings (SSSR count). The molecule has 0 amide bonds. The molecule has 19 heavy (non-hydrogen) atoms. The lowest BCUT2D eigenvalue weighted by atomic mass is 10.1. The molecule has 0 spiro atoms. The first-order valence-corrected chi connectivity index (χ1v) is 7.39. The van der Waals surface area contributed by atoms with Gasteiger partial charge in [0, 0.05) is 43.2 Å². The molecule has 1 heterocycles. The minimum absolute atomic E-state index is 0.186. The van der Waals surface area contributed by atoms with Crippen LogP contribution in [-0.2, 0) is 6.54 Å². The Morgan fingerprint density at radius 3 is 2.95 bits per heavy atom. The SMILES string of the molecule is CN1CCN(C)C(CNCc2cc(F)ccc2Br)C1. The summed E-state index contributed by atoms with van der Waals surface area (Å²) < 4.78 is 14.1. The Kier molecular flexibility index (Phi) is 5.33. The monoisotopic (exact) mass is 329 g/mol. The molecule has 106 valence electrons. The van der Waals surface area contributed by atoms with Crippen LogP contribution in [0.25, 0.3) is 0 Å². The topological polar surface area (TPSA) is 18.5 Å². The molecule has 3 nitrogen and oxygen atoms in total. The zero-order valence-corrected chi connectivity index (χ0v) is 13.1. The molecule has 0 aromatic heterocycles. The number of piperazine rings is 1. The van der Waals surface area contributed by atoms with E-state index in [9.17, 15) is 4.39 Å². The summed E-state index contributed by atoms with van der Waals surface area (Å²) >= 11 is 3.45. The van der Waals surface area contributed by atoms with Crippen LogP contribution in [0.2, 0.25) is 0 Å². The smallest absolute Gasteiger partial charge is 0.123 e. The van der Waals surface area contributed by atoms with E-state index in [4.69, 9.17) is 0 Å². The van der Waals surface area contributed by atoms with E-state index in [0.29, 0.717) is 12.6 Å². The summed E-state index contributed by atoms with van der Waals surface area (Å²) in [5.41, 5.74) is 0.965. The van der Waals surface area contributed by atoms with E-state index >= 15 is 0 Å². The number of benzene rings is 1. The fraction of sp³-hybridized carbons (Fsp3) is 0.571. The van der Waals surface area contributed by atoms with Gasteiger partial charge >= 0.3 is 0 Å². The van der Waals surface area contributed by atoms with Gasteiger partial charge in [0.05, 0.1) is 0 Å². The summed E-state index contributed by atoms with van der Waals surface area (Å²) in [5, 5.41) is 3.43. The van der Waals surface area contributed by atoms with Gasteiger partial charge in [0.25, 0.3) is 0 Å². The van der Waals surface area contributed by atoms with E-state index in [1.807, 2.05) is 0 Å². The quantitative estimate of drug-likeness (QED) is 0.910. The van der Waals surface area contributed by atoms with Crippen molar-refractivity contribution in [2.45, 2.75) is 12.6 Å². The molecule has 1 fully saturated rings. The van der Waals surface area contributed by atoms with Crippen LogP contribution in [0.4, 0.5) is 4.39 Å². The fourth-order valence-electron chi connectivity index (χ4n) is 2.37. The third-order valence-corrected chi connectivity index (χ3v) is 4.46. The van der Waals surface area contributed by atoms with Crippen LogP contribution in [0.15, 0.2) is 22.7 Å². The van der Waals surface area contributed by atoms with Gasteiger partial charge in [-0.15, -0.1) is 0 Å². The molecular weight excluding hydrogens is 309 g/mol. The van der Waals surface area contributed by atoms with Crippen LogP contribution in [0.5, 0.6) is 0 Å². The molecule has 1 aromatic rings. The van der Waals surface area contributed by atoms with Gasteiger partial charge in [-0.05, 0) is 37.9 Å². The zero-order valence-electron chi connectivity index (χ0n) is 11.5. The van der Waals surface area contributed by atoms with Crippen LogP contribution >= 0.6 is 15.9 Å². The Morgan fingerprint density at radius 1 is 1.37 bits per heavy atom. The van der Waals surface area contributed by atoms with E-state index in [0.717, 1.165) is 36.2 Å². The van der Waals surface area contributed by atoms with Crippen molar-refractivity contribution in [2.75, 3.05) is 40.3 Å². The first-order chi connectivity index (χ1) is 9.06. The summed E-state index contributed by atoms with van der Waals surface area (Å²) in [5.74, 6) is -0.186. The normalized spacial score (nSPS) is 21.8. The van der Waals surface area contributed by atoms with Gasteiger partial charge < -0.3 is 10.2 Å². The molecule has 0 bridgehead atoms. The highest BCUT2D eigenvalue weighted by Gasteiger charge is 2.21. The molecule has 0 radical (unpaired) electrons. The lowest BCUT2D eigenvalue weighted by molar-refractivity contribution is 0.113. The molecule has 1 aliphatic heterocycles. The standard InChI is InChI=1S/C14H21BrFN3/c1-18-5-6-19(2)13(10-18)9-17-8-11-7-12(16)3-4-14(11)15/h3-4,7,13,17H,5-6,8-10H2,1-2H3. The number of rotatable bonds is 4. The highest BCUT2D eigenvalue weighted by molar-refractivity contribution is 9.10. The summed E-state index contributed by atoms with van der Waals surface area (Å²) in [6.07, 6.45) is 0. The molecule has 0 saturated carbocycles. The largest absolute Gasteiger partial charge is 0.311 e. The number of hydrogen-bond donors (Lipinski definition) is 1. The highest BCUT2D eigenvalue weighted by Crippen LogP contribution is 2.17. The van der Waals surface area contributed by atoms with Gasteiger partial charge in [0.1, 0.15) is 5.82 Å². The van der Waals surface area contributed by atoms with Crippen molar-refractivity contribution in [2.24, 2.45) is 0 Å². The molecule has 1 saturated heterocycles. The molecular formula is C14H21BrFN3. The van der Waals surface area contributed by atoms with Gasteiger partial charge in [0.15, 0.2) is 0 Å². The average Bonchev–Trinajstić information content (AvgIpc) is 2.38. The highest BCUT2D eigenvalue weighted by atomic mass is 79.9. The Bertz CT molecular complexity index is 427. The predicted octanol–water partition coefficient (Wildman–Crippen LogP) is 1.92.